The molecule has 2 N–H and O–H groups in total. The summed E-state index contributed by atoms with van der Waals surface area (Å²) in [5, 5.41) is 1.01. The fraction of sp³-hybridized carbons (Fsp3) is 0.286. The number of quaternary nitrogens is 1. The van der Waals surface area contributed by atoms with E-state index in [1.807, 2.05) is 50.2 Å². The number of H-pyrrole nitrogens is 1. The third-order valence-electron chi connectivity index (χ3n) is 4.38. The molecule has 0 amide bonds. The molecule has 0 aliphatic carbocycles. The molecule has 2 aromatic carbocycles. The number of benzene rings is 2. The average molecular weight is 337 g/mol. The van der Waals surface area contributed by atoms with Crippen molar-refractivity contribution >= 4 is 16.7 Å². The number of ketones is 1. The van der Waals surface area contributed by atoms with E-state index in [1.165, 1.54) is 10.5 Å². The number of para-hydroxylation sites is 1. The molecule has 4 heteroatoms. The normalized spacial score (nSPS) is 12.3. The highest BCUT2D eigenvalue weighted by Crippen LogP contribution is 2.21. The summed E-state index contributed by atoms with van der Waals surface area (Å²) in [7, 11) is 2.05. The summed E-state index contributed by atoms with van der Waals surface area (Å²) in [6.45, 7) is 5.89. The van der Waals surface area contributed by atoms with Gasteiger partial charge in [0.15, 0.2) is 0 Å². The lowest BCUT2D eigenvalue weighted by Gasteiger charge is -2.14. The molecule has 130 valence electrons. The van der Waals surface area contributed by atoms with Gasteiger partial charge in [0.05, 0.1) is 19.2 Å². The van der Waals surface area contributed by atoms with Crippen LogP contribution >= 0.6 is 0 Å². The van der Waals surface area contributed by atoms with Gasteiger partial charge in [-0.3, -0.25) is 4.79 Å². The lowest BCUT2D eigenvalue weighted by Crippen LogP contribution is -3.08. The van der Waals surface area contributed by atoms with Crippen LogP contribution in [0.25, 0.3) is 10.9 Å². The Kier molecular flexibility index (Phi) is 5.19. The van der Waals surface area contributed by atoms with Crippen molar-refractivity contribution in [3.05, 3.63) is 65.4 Å². The van der Waals surface area contributed by atoms with Crippen molar-refractivity contribution in [2.45, 2.75) is 20.4 Å². The zero-order valence-corrected chi connectivity index (χ0v) is 15.1. The molecule has 3 rings (SSSR count). The van der Waals surface area contributed by atoms with Crippen LogP contribution in [-0.4, -0.2) is 31.0 Å². The third kappa shape index (κ3) is 3.91. The van der Waals surface area contributed by atoms with Gasteiger partial charge in [0.25, 0.3) is 0 Å². The number of nitrogens with one attached hydrogen (secondary N) is 2. The number of hydrogen-bond acceptors (Lipinski definition) is 2. The molecule has 3 aromatic rings. The second kappa shape index (κ2) is 7.53. The third-order valence-corrected chi connectivity index (χ3v) is 4.38. The maximum atomic E-state index is 12.8. The molecule has 1 heterocycles. The summed E-state index contributed by atoms with van der Waals surface area (Å²) >= 11 is 0. The second-order valence-corrected chi connectivity index (χ2v) is 6.48. The van der Waals surface area contributed by atoms with E-state index in [4.69, 9.17) is 4.74 Å². The van der Waals surface area contributed by atoms with Crippen molar-refractivity contribution in [3.8, 4) is 5.75 Å². The molecule has 1 aromatic heterocycles. The number of aromatic nitrogens is 1. The highest BCUT2D eigenvalue weighted by Gasteiger charge is 2.19. The van der Waals surface area contributed by atoms with Gasteiger partial charge in [-0.05, 0) is 44.2 Å². The van der Waals surface area contributed by atoms with Gasteiger partial charge in [-0.25, -0.2) is 0 Å². The molecule has 0 radical (unpaired) electrons. The molecular weight excluding hydrogens is 312 g/mol. The van der Waals surface area contributed by atoms with Gasteiger partial charge in [0, 0.05) is 22.2 Å². The van der Waals surface area contributed by atoms with Gasteiger partial charge < -0.3 is 14.6 Å². The fourth-order valence-corrected chi connectivity index (χ4v) is 3.28. The summed E-state index contributed by atoms with van der Waals surface area (Å²) < 4.78 is 5.47. The van der Waals surface area contributed by atoms with Crippen molar-refractivity contribution in [2.75, 3.05) is 20.2 Å². The molecule has 1 unspecified atom stereocenters. The van der Waals surface area contributed by atoms with Crippen LogP contribution in [0.2, 0.25) is 0 Å². The largest absolute Gasteiger partial charge is 0.494 e. The molecule has 0 saturated carbocycles. The summed E-state index contributed by atoms with van der Waals surface area (Å²) in [5.41, 5.74) is 3.98. The summed E-state index contributed by atoms with van der Waals surface area (Å²) in [6.07, 6.45) is 0. The first-order chi connectivity index (χ1) is 12.1. The molecular formula is C21H25N2O2+. The second-order valence-electron chi connectivity index (χ2n) is 6.48. The lowest BCUT2D eigenvalue weighted by atomic mass is 10.1. The van der Waals surface area contributed by atoms with Crippen LogP contribution in [-0.2, 0) is 6.54 Å². The van der Waals surface area contributed by atoms with E-state index < -0.39 is 0 Å². The number of carbonyl (C=O) groups excluding carboxylic acids is 1. The number of hydrogen-bond donors (Lipinski definition) is 2. The SMILES string of the molecule is CCOc1ccc(C[NH+](C)CC(=O)c2c(C)[nH]c3ccccc23)cc1. The number of aromatic amines is 1. The number of rotatable bonds is 7. The van der Waals surface area contributed by atoms with E-state index in [2.05, 4.69) is 24.2 Å². The lowest BCUT2D eigenvalue weighted by molar-refractivity contribution is -0.884. The number of Topliss-reactive ketones (excluding diaryl/α,β-unsaturated/α-hetero) is 1. The van der Waals surface area contributed by atoms with Crippen molar-refractivity contribution in [1.29, 1.82) is 0 Å². The minimum Gasteiger partial charge on any atom is -0.494 e. The van der Waals surface area contributed by atoms with Crippen LogP contribution in [0.1, 0.15) is 28.5 Å². The van der Waals surface area contributed by atoms with Crippen LogP contribution in [0.15, 0.2) is 48.5 Å². The smallest absolute Gasteiger partial charge is 0.219 e. The van der Waals surface area contributed by atoms with E-state index in [9.17, 15) is 4.79 Å². The number of ether oxygens (including phenoxy) is 1. The topological polar surface area (TPSA) is 46.5 Å². The maximum absolute atomic E-state index is 12.8. The first-order valence-corrected chi connectivity index (χ1v) is 8.72. The van der Waals surface area contributed by atoms with Crippen LogP contribution in [0.5, 0.6) is 5.75 Å². The van der Waals surface area contributed by atoms with Crippen molar-refractivity contribution in [1.82, 2.24) is 4.98 Å². The van der Waals surface area contributed by atoms with Crippen molar-refractivity contribution in [2.24, 2.45) is 0 Å². The van der Waals surface area contributed by atoms with E-state index in [1.54, 1.807) is 0 Å². The molecule has 0 spiro atoms. The highest BCUT2D eigenvalue weighted by molar-refractivity contribution is 6.09. The zero-order chi connectivity index (χ0) is 17.8. The van der Waals surface area contributed by atoms with Crippen molar-refractivity contribution < 1.29 is 14.4 Å². The average Bonchev–Trinajstić information content (AvgIpc) is 2.92. The van der Waals surface area contributed by atoms with E-state index >= 15 is 0 Å². The predicted molar refractivity (Wildman–Crippen MR) is 100 cm³/mol. The Labute approximate surface area is 148 Å². The molecule has 1 atom stereocenters. The maximum Gasteiger partial charge on any atom is 0.219 e. The number of fused-ring (bicyclic) bond motifs is 1. The van der Waals surface area contributed by atoms with Gasteiger partial charge >= 0.3 is 0 Å². The van der Waals surface area contributed by atoms with Gasteiger partial charge in [0.1, 0.15) is 18.8 Å². The monoisotopic (exact) mass is 337 g/mol. The van der Waals surface area contributed by atoms with Gasteiger partial charge in [-0.15, -0.1) is 0 Å². The summed E-state index contributed by atoms with van der Waals surface area (Å²) in [6, 6.07) is 16.1. The van der Waals surface area contributed by atoms with Gasteiger partial charge in [-0.1, -0.05) is 18.2 Å². The molecule has 4 nitrogen and oxygen atoms in total. The van der Waals surface area contributed by atoms with Crippen LogP contribution < -0.4 is 9.64 Å². The highest BCUT2D eigenvalue weighted by atomic mass is 16.5. The molecule has 0 fully saturated rings. The number of carbonyl (C=O) groups is 1. The van der Waals surface area contributed by atoms with Gasteiger partial charge in [0.2, 0.25) is 5.78 Å². The summed E-state index contributed by atoms with van der Waals surface area (Å²) in [5.74, 6) is 1.06. The fourth-order valence-electron chi connectivity index (χ4n) is 3.28. The molecule has 0 saturated heterocycles. The molecule has 0 aliphatic heterocycles. The number of aryl methyl sites for hydroxylation is 1. The van der Waals surface area contributed by atoms with Crippen molar-refractivity contribution in [3.63, 3.8) is 0 Å². The Morgan fingerprint density at radius 1 is 1.12 bits per heavy atom. The quantitative estimate of drug-likeness (QED) is 0.651. The number of likely N-dealkylation sites (N-methyl/N-ethyl adjacent to an activating group) is 1. The van der Waals surface area contributed by atoms with Crippen LogP contribution in [0.3, 0.4) is 0 Å². The Bertz CT molecular complexity index is 865. The standard InChI is InChI=1S/C21H24N2O2/c1-4-25-17-11-9-16(10-12-17)13-23(3)14-20(24)21-15(2)22-19-8-6-5-7-18(19)21/h5-12,22H,4,13-14H2,1-3H3/p+1. The molecule has 0 bridgehead atoms. The van der Waals surface area contributed by atoms with Gasteiger partial charge in [-0.2, -0.15) is 0 Å². The minimum atomic E-state index is 0.179. The minimum absolute atomic E-state index is 0.179. The first-order valence-electron chi connectivity index (χ1n) is 8.72. The zero-order valence-electron chi connectivity index (χ0n) is 15.1. The summed E-state index contributed by atoms with van der Waals surface area (Å²) in [4.78, 5) is 17.3. The van der Waals surface area contributed by atoms with E-state index in [-0.39, 0.29) is 5.78 Å². The van der Waals surface area contributed by atoms with E-state index in [0.717, 1.165) is 34.5 Å². The molecule has 25 heavy (non-hydrogen) atoms. The predicted octanol–water partition coefficient (Wildman–Crippen LogP) is 2.77. The Balaban J connectivity index is 1.68. The molecule has 0 aliphatic rings. The van der Waals surface area contributed by atoms with Crippen LogP contribution in [0.4, 0.5) is 0 Å². The van der Waals surface area contributed by atoms with E-state index in [0.29, 0.717) is 13.2 Å². The first kappa shape index (κ1) is 17.2. The Morgan fingerprint density at radius 3 is 2.56 bits per heavy atom. The van der Waals surface area contributed by atoms with Crippen LogP contribution in [0, 0.1) is 6.92 Å². The Hall–Kier alpha value is -2.59. The Morgan fingerprint density at radius 2 is 1.84 bits per heavy atom.